The van der Waals surface area contributed by atoms with E-state index in [-0.39, 0.29) is 0 Å². The number of imidazole rings is 1. The van der Waals surface area contributed by atoms with Crippen molar-refractivity contribution in [3.8, 4) is 0 Å². The largest absolute Gasteiger partial charge is 0.331 e. The standard InChI is InChI=1S/C14H15ClN4S/c1-3-11-9(7-18(2)17-11)8-19-13-6-10(15)4-5-12(13)16-14(19)20/h4-7H,3,8H2,1-2H3,(H,16,20). The second kappa shape index (κ2) is 5.07. The van der Waals surface area contributed by atoms with Crippen molar-refractivity contribution in [2.75, 3.05) is 0 Å². The molecule has 0 radical (unpaired) electrons. The quantitative estimate of drug-likeness (QED) is 0.749. The number of rotatable bonds is 3. The summed E-state index contributed by atoms with van der Waals surface area (Å²) >= 11 is 11.5. The van der Waals surface area contributed by atoms with Gasteiger partial charge in [-0.2, -0.15) is 5.10 Å². The van der Waals surface area contributed by atoms with E-state index in [0.29, 0.717) is 16.3 Å². The lowest BCUT2D eigenvalue weighted by Crippen LogP contribution is -2.01. The predicted octanol–water partition coefficient (Wildman–Crippen LogP) is 3.70. The van der Waals surface area contributed by atoms with Crippen LogP contribution in [0.25, 0.3) is 11.0 Å². The lowest BCUT2D eigenvalue weighted by atomic mass is 10.2. The minimum atomic E-state index is 0.702. The van der Waals surface area contributed by atoms with Gasteiger partial charge in [-0.15, -0.1) is 0 Å². The van der Waals surface area contributed by atoms with Crippen LogP contribution >= 0.6 is 23.8 Å². The average Bonchev–Trinajstić information content (AvgIpc) is 2.91. The first kappa shape index (κ1) is 13.4. The highest BCUT2D eigenvalue weighted by molar-refractivity contribution is 7.71. The number of nitrogens with one attached hydrogen (secondary N) is 1. The number of aromatic nitrogens is 4. The number of fused-ring (bicyclic) bond motifs is 1. The molecular formula is C14H15ClN4S. The molecule has 3 rings (SSSR count). The van der Waals surface area contributed by atoms with Crippen LogP contribution in [0.1, 0.15) is 18.2 Å². The summed E-state index contributed by atoms with van der Waals surface area (Å²) in [6, 6.07) is 5.75. The fraction of sp³-hybridized carbons (Fsp3) is 0.286. The third kappa shape index (κ3) is 2.27. The first-order valence-electron chi connectivity index (χ1n) is 6.48. The molecule has 0 spiro atoms. The number of H-pyrrole nitrogens is 1. The molecule has 0 fully saturated rings. The SMILES string of the molecule is CCc1nn(C)cc1Cn1c(=S)[nH]c2ccc(Cl)cc21. The Hall–Kier alpha value is -1.59. The second-order valence-electron chi connectivity index (χ2n) is 4.81. The Balaban J connectivity index is 2.12. The Morgan fingerprint density at radius 2 is 2.20 bits per heavy atom. The van der Waals surface area contributed by atoms with Crippen LogP contribution in [0.3, 0.4) is 0 Å². The van der Waals surface area contributed by atoms with E-state index in [0.717, 1.165) is 23.1 Å². The number of benzene rings is 1. The zero-order valence-electron chi connectivity index (χ0n) is 11.4. The van der Waals surface area contributed by atoms with Crippen molar-refractivity contribution in [3.63, 3.8) is 0 Å². The molecule has 1 aromatic carbocycles. The van der Waals surface area contributed by atoms with Crippen LogP contribution < -0.4 is 0 Å². The van der Waals surface area contributed by atoms with E-state index < -0.39 is 0 Å². The van der Waals surface area contributed by atoms with E-state index in [1.54, 1.807) is 0 Å². The molecule has 0 amide bonds. The highest BCUT2D eigenvalue weighted by Crippen LogP contribution is 2.21. The number of aryl methyl sites for hydroxylation is 2. The fourth-order valence-electron chi connectivity index (χ4n) is 2.47. The van der Waals surface area contributed by atoms with E-state index in [4.69, 9.17) is 23.8 Å². The molecule has 0 aliphatic carbocycles. The van der Waals surface area contributed by atoms with Crippen molar-refractivity contribution >= 4 is 34.9 Å². The van der Waals surface area contributed by atoms with Crippen LogP contribution in [0.2, 0.25) is 5.02 Å². The van der Waals surface area contributed by atoms with Gasteiger partial charge in [0.15, 0.2) is 4.77 Å². The molecule has 3 aromatic rings. The van der Waals surface area contributed by atoms with Crippen LogP contribution in [-0.2, 0) is 20.0 Å². The van der Waals surface area contributed by atoms with Gasteiger partial charge in [-0.05, 0) is 36.8 Å². The molecule has 104 valence electrons. The van der Waals surface area contributed by atoms with Gasteiger partial charge in [0.1, 0.15) is 0 Å². The van der Waals surface area contributed by atoms with Gasteiger partial charge in [0, 0.05) is 23.8 Å². The van der Waals surface area contributed by atoms with Crippen molar-refractivity contribution in [1.29, 1.82) is 0 Å². The van der Waals surface area contributed by atoms with E-state index in [1.807, 2.05) is 36.1 Å². The molecule has 0 aliphatic rings. The number of hydrogen-bond donors (Lipinski definition) is 1. The first-order chi connectivity index (χ1) is 9.58. The molecule has 1 N–H and O–H groups in total. The molecular weight excluding hydrogens is 292 g/mol. The Kier molecular flexibility index (Phi) is 3.40. The number of hydrogen-bond acceptors (Lipinski definition) is 2. The first-order valence-corrected chi connectivity index (χ1v) is 7.26. The van der Waals surface area contributed by atoms with E-state index in [1.165, 1.54) is 5.56 Å². The molecule has 6 heteroatoms. The van der Waals surface area contributed by atoms with E-state index in [9.17, 15) is 0 Å². The molecule has 0 aliphatic heterocycles. The van der Waals surface area contributed by atoms with Gasteiger partial charge in [0.25, 0.3) is 0 Å². The normalized spacial score (nSPS) is 11.3. The Morgan fingerprint density at radius 3 is 2.95 bits per heavy atom. The van der Waals surface area contributed by atoms with Crippen molar-refractivity contribution < 1.29 is 0 Å². The summed E-state index contributed by atoms with van der Waals surface area (Å²) < 4.78 is 4.61. The van der Waals surface area contributed by atoms with Gasteiger partial charge in [-0.1, -0.05) is 18.5 Å². The summed E-state index contributed by atoms with van der Waals surface area (Å²) in [7, 11) is 1.94. The van der Waals surface area contributed by atoms with Crippen LogP contribution in [0.5, 0.6) is 0 Å². The Morgan fingerprint density at radius 1 is 1.40 bits per heavy atom. The zero-order chi connectivity index (χ0) is 14.3. The summed E-state index contributed by atoms with van der Waals surface area (Å²) in [6.45, 7) is 2.81. The van der Waals surface area contributed by atoms with Crippen molar-refractivity contribution in [2.45, 2.75) is 19.9 Å². The third-order valence-electron chi connectivity index (χ3n) is 3.39. The maximum atomic E-state index is 6.09. The van der Waals surface area contributed by atoms with E-state index >= 15 is 0 Å². The van der Waals surface area contributed by atoms with Gasteiger partial charge in [0.2, 0.25) is 0 Å². The summed E-state index contributed by atoms with van der Waals surface area (Å²) in [5.74, 6) is 0. The van der Waals surface area contributed by atoms with Crippen LogP contribution in [-0.4, -0.2) is 19.3 Å². The van der Waals surface area contributed by atoms with Crippen LogP contribution in [0, 0.1) is 4.77 Å². The lowest BCUT2D eigenvalue weighted by Gasteiger charge is -2.04. The summed E-state index contributed by atoms with van der Waals surface area (Å²) in [5, 5.41) is 5.18. The summed E-state index contributed by atoms with van der Waals surface area (Å²) in [4.78, 5) is 3.21. The molecule has 0 saturated carbocycles. The summed E-state index contributed by atoms with van der Waals surface area (Å²) in [5.41, 5.74) is 4.31. The lowest BCUT2D eigenvalue weighted by molar-refractivity contribution is 0.746. The van der Waals surface area contributed by atoms with Crippen molar-refractivity contribution in [2.24, 2.45) is 7.05 Å². The van der Waals surface area contributed by atoms with Crippen molar-refractivity contribution in [1.82, 2.24) is 19.3 Å². The predicted molar refractivity (Wildman–Crippen MR) is 83.8 cm³/mol. The fourth-order valence-corrected chi connectivity index (χ4v) is 2.91. The van der Waals surface area contributed by atoms with Gasteiger partial charge >= 0.3 is 0 Å². The van der Waals surface area contributed by atoms with E-state index in [2.05, 4.69) is 21.6 Å². The Labute approximate surface area is 127 Å². The van der Waals surface area contributed by atoms with Crippen LogP contribution in [0.15, 0.2) is 24.4 Å². The zero-order valence-corrected chi connectivity index (χ0v) is 12.9. The van der Waals surface area contributed by atoms with Crippen LogP contribution in [0.4, 0.5) is 0 Å². The molecule has 4 nitrogen and oxygen atoms in total. The minimum absolute atomic E-state index is 0.702. The highest BCUT2D eigenvalue weighted by Gasteiger charge is 2.10. The highest BCUT2D eigenvalue weighted by atomic mass is 35.5. The molecule has 2 heterocycles. The third-order valence-corrected chi connectivity index (χ3v) is 3.95. The van der Waals surface area contributed by atoms with Gasteiger partial charge < -0.3 is 9.55 Å². The molecule has 0 saturated heterocycles. The maximum Gasteiger partial charge on any atom is 0.178 e. The minimum Gasteiger partial charge on any atom is -0.331 e. The van der Waals surface area contributed by atoms with Crippen molar-refractivity contribution in [3.05, 3.63) is 45.4 Å². The molecule has 20 heavy (non-hydrogen) atoms. The molecule has 0 unspecified atom stereocenters. The number of halogens is 1. The number of nitrogens with zero attached hydrogens (tertiary/aromatic N) is 3. The van der Waals surface area contributed by atoms with Gasteiger partial charge in [-0.3, -0.25) is 4.68 Å². The monoisotopic (exact) mass is 306 g/mol. The van der Waals surface area contributed by atoms with Gasteiger partial charge in [0.05, 0.1) is 23.3 Å². The topological polar surface area (TPSA) is 38.5 Å². The van der Waals surface area contributed by atoms with Gasteiger partial charge in [-0.25, -0.2) is 0 Å². The Bertz CT molecular complexity index is 827. The second-order valence-corrected chi connectivity index (χ2v) is 5.63. The molecule has 2 aromatic heterocycles. The maximum absolute atomic E-state index is 6.09. The number of aromatic amines is 1. The smallest absolute Gasteiger partial charge is 0.178 e. The molecule has 0 atom stereocenters. The summed E-state index contributed by atoms with van der Waals surface area (Å²) in [6.07, 6.45) is 2.95. The molecule has 0 bridgehead atoms. The average molecular weight is 307 g/mol.